The summed E-state index contributed by atoms with van der Waals surface area (Å²) in [6.07, 6.45) is 4.07. The second kappa shape index (κ2) is 6.43. The van der Waals surface area contributed by atoms with Gasteiger partial charge in [-0.15, -0.1) is 0 Å². The normalized spacial score (nSPS) is 15.0. The molecule has 0 spiro atoms. The molecule has 0 atom stereocenters. The lowest BCUT2D eigenvalue weighted by Gasteiger charge is -2.17. The molecular formula is C18H19N3O. The number of pyridine rings is 1. The van der Waals surface area contributed by atoms with E-state index in [9.17, 15) is 4.79 Å². The molecule has 1 aliphatic heterocycles. The van der Waals surface area contributed by atoms with Gasteiger partial charge in [0.1, 0.15) is 5.82 Å². The Morgan fingerprint density at radius 2 is 1.91 bits per heavy atom. The van der Waals surface area contributed by atoms with Gasteiger partial charge in [0.05, 0.1) is 0 Å². The van der Waals surface area contributed by atoms with Gasteiger partial charge in [-0.05, 0) is 24.6 Å². The van der Waals surface area contributed by atoms with Crippen LogP contribution in [0.25, 0.3) is 6.08 Å². The highest BCUT2D eigenvalue weighted by Crippen LogP contribution is 2.18. The predicted molar refractivity (Wildman–Crippen MR) is 88.8 cm³/mol. The maximum Gasteiger partial charge on any atom is 0.326 e. The number of aromatic nitrogens is 1. The molecule has 0 saturated carbocycles. The molecule has 22 heavy (non-hydrogen) atoms. The van der Waals surface area contributed by atoms with E-state index in [1.54, 1.807) is 4.90 Å². The molecule has 4 heteroatoms. The van der Waals surface area contributed by atoms with Crippen molar-refractivity contribution in [3.05, 3.63) is 65.9 Å². The summed E-state index contributed by atoms with van der Waals surface area (Å²) in [4.78, 5) is 20.4. The lowest BCUT2D eigenvalue weighted by molar-refractivity contribution is 0.225. The smallest absolute Gasteiger partial charge is 0.319 e. The first-order valence-corrected chi connectivity index (χ1v) is 7.46. The zero-order chi connectivity index (χ0) is 15.4. The van der Waals surface area contributed by atoms with Gasteiger partial charge in [0.25, 0.3) is 0 Å². The van der Waals surface area contributed by atoms with Gasteiger partial charge in [0.2, 0.25) is 0 Å². The SMILES string of the molecule is Cc1cccc(N2CCN(C/C=C/c3ccccc3)C2=O)n1. The standard InChI is InChI=1S/C18H19N3O/c1-15-7-5-11-17(19-15)21-14-13-20(18(21)22)12-6-10-16-8-3-2-4-9-16/h2-11H,12-14H2,1H3/b10-6+. The number of anilines is 1. The summed E-state index contributed by atoms with van der Waals surface area (Å²) in [7, 11) is 0. The average molecular weight is 293 g/mol. The summed E-state index contributed by atoms with van der Waals surface area (Å²) >= 11 is 0. The Kier molecular flexibility index (Phi) is 4.19. The van der Waals surface area contributed by atoms with Crippen LogP contribution in [0.3, 0.4) is 0 Å². The van der Waals surface area contributed by atoms with Gasteiger partial charge in [-0.1, -0.05) is 48.6 Å². The van der Waals surface area contributed by atoms with E-state index in [4.69, 9.17) is 0 Å². The quantitative estimate of drug-likeness (QED) is 0.867. The first kappa shape index (κ1) is 14.3. The number of carbonyl (C=O) groups excluding carboxylic acids is 1. The molecule has 1 aromatic heterocycles. The van der Waals surface area contributed by atoms with E-state index in [0.29, 0.717) is 13.1 Å². The van der Waals surface area contributed by atoms with Crippen LogP contribution in [0.15, 0.2) is 54.6 Å². The van der Waals surface area contributed by atoms with Crippen LogP contribution in [0.5, 0.6) is 0 Å². The Bertz CT molecular complexity index is 682. The number of urea groups is 1. The molecule has 1 aliphatic rings. The largest absolute Gasteiger partial charge is 0.326 e. The summed E-state index contributed by atoms with van der Waals surface area (Å²) < 4.78 is 0. The molecule has 112 valence electrons. The van der Waals surface area contributed by atoms with Crippen LogP contribution >= 0.6 is 0 Å². The van der Waals surface area contributed by atoms with Crippen molar-refractivity contribution in [2.75, 3.05) is 24.5 Å². The highest BCUT2D eigenvalue weighted by molar-refractivity contribution is 5.93. The Balaban J connectivity index is 1.63. The number of rotatable bonds is 4. The number of nitrogens with zero attached hydrogens (tertiary/aromatic N) is 3. The van der Waals surface area contributed by atoms with E-state index in [2.05, 4.69) is 4.98 Å². The minimum absolute atomic E-state index is 0.0239. The molecule has 2 aromatic rings. The molecule has 1 aromatic carbocycles. The van der Waals surface area contributed by atoms with Crippen LogP contribution in [0.1, 0.15) is 11.3 Å². The lowest BCUT2D eigenvalue weighted by Crippen LogP contribution is -2.32. The molecule has 1 saturated heterocycles. The van der Waals surface area contributed by atoms with E-state index in [-0.39, 0.29) is 6.03 Å². The highest BCUT2D eigenvalue weighted by Gasteiger charge is 2.29. The molecule has 0 bridgehead atoms. The van der Waals surface area contributed by atoms with Crippen LogP contribution in [0.4, 0.5) is 10.6 Å². The van der Waals surface area contributed by atoms with Crippen LogP contribution in [0.2, 0.25) is 0 Å². The summed E-state index contributed by atoms with van der Waals surface area (Å²) in [6.45, 7) is 3.97. The third kappa shape index (κ3) is 3.17. The zero-order valence-corrected chi connectivity index (χ0v) is 12.6. The maximum absolute atomic E-state index is 12.4. The summed E-state index contributed by atoms with van der Waals surface area (Å²) in [5.41, 5.74) is 2.07. The molecule has 2 amide bonds. The molecule has 0 unspecified atom stereocenters. The Labute approximate surface area is 130 Å². The molecule has 0 aliphatic carbocycles. The van der Waals surface area contributed by atoms with E-state index < -0.39 is 0 Å². The second-order valence-electron chi connectivity index (χ2n) is 5.33. The second-order valence-corrected chi connectivity index (χ2v) is 5.33. The van der Waals surface area contributed by atoms with E-state index in [0.717, 1.165) is 23.6 Å². The van der Waals surface area contributed by atoms with Crippen molar-refractivity contribution in [3.8, 4) is 0 Å². The van der Waals surface area contributed by atoms with E-state index in [1.807, 2.05) is 72.5 Å². The minimum Gasteiger partial charge on any atom is -0.319 e. The molecule has 2 heterocycles. The minimum atomic E-state index is 0.0239. The number of hydrogen-bond acceptors (Lipinski definition) is 2. The van der Waals surface area contributed by atoms with Crippen molar-refractivity contribution in [1.29, 1.82) is 0 Å². The van der Waals surface area contributed by atoms with Crippen LogP contribution in [-0.2, 0) is 0 Å². The van der Waals surface area contributed by atoms with Crippen molar-refractivity contribution in [2.45, 2.75) is 6.92 Å². The number of aryl methyl sites for hydroxylation is 1. The van der Waals surface area contributed by atoms with Gasteiger partial charge in [-0.25, -0.2) is 9.78 Å². The van der Waals surface area contributed by atoms with E-state index >= 15 is 0 Å². The van der Waals surface area contributed by atoms with Crippen LogP contribution in [0, 0.1) is 6.92 Å². The van der Waals surface area contributed by atoms with Crippen molar-refractivity contribution in [1.82, 2.24) is 9.88 Å². The topological polar surface area (TPSA) is 36.4 Å². The van der Waals surface area contributed by atoms with Crippen molar-refractivity contribution in [2.24, 2.45) is 0 Å². The van der Waals surface area contributed by atoms with Crippen LogP contribution < -0.4 is 4.90 Å². The molecule has 3 rings (SSSR count). The first-order valence-electron chi connectivity index (χ1n) is 7.46. The van der Waals surface area contributed by atoms with Crippen molar-refractivity contribution < 1.29 is 4.79 Å². The molecule has 0 N–H and O–H groups in total. The van der Waals surface area contributed by atoms with Gasteiger partial charge >= 0.3 is 6.03 Å². The van der Waals surface area contributed by atoms with Gasteiger partial charge in [-0.3, -0.25) is 4.90 Å². The number of hydrogen-bond donors (Lipinski definition) is 0. The summed E-state index contributed by atoms with van der Waals surface area (Å²) in [5, 5.41) is 0. The zero-order valence-electron chi connectivity index (χ0n) is 12.6. The van der Waals surface area contributed by atoms with Gasteiger partial charge in [0, 0.05) is 25.3 Å². The first-order chi connectivity index (χ1) is 10.7. The Morgan fingerprint density at radius 3 is 2.68 bits per heavy atom. The van der Waals surface area contributed by atoms with Gasteiger partial charge < -0.3 is 4.90 Å². The predicted octanol–water partition coefficient (Wildman–Crippen LogP) is 3.35. The summed E-state index contributed by atoms with van der Waals surface area (Å²) in [6, 6.07) is 15.9. The number of carbonyl (C=O) groups is 1. The summed E-state index contributed by atoms with van der Waals surface area (Å²) in [5.74, 6) is 0.736. The molecule has 4 nitrogen and oxygen atoms in total. The molecule has 0 radical (unpaired) electrons. The third-order valence-corrected chi connectivity index (χ3v) is 3.68. The fourth-order valence-electron chi connectivity index (χ4n) is 2.52. The van der Waals surface area contributed by atoms with Crippen molar-refractivity contribution >= 4 is 17.9 Å². The lowest BCUT2D eigenvalue weighted by atomic mass is 10.2. The molecular weight excluding hydrogens is 274 g/mol. The average Bonchev–Trinajstić information content (AvgIpc) is 2.90. The van der Waals surface area contributed by atoms with Crippen LogP contribution in [-0.4, -0.2) is 35.5 Å². The Hall–Kier alpha value is -2.62. The fourth-order valence-corrected chi connectivity index (χ4v) is 2.52. The number of benzene rings is 1. The van der Waals surface area contributed by atoms with E-state index in [1.165, 1.54) is 0 Å². The highest BCUT2D eigenvalue weighted by atomic mass is 16.2. The van der Waals surface area contributed by atoms with Gasteiger partial charge in [-0.2, -0.15) is 0 Å². The molecule has 1 fully saturated rings. The monoisotopic (exact) mass is 293 g/mol. The van der Waals surface area contributed by atoms with Gasteiger partial charge in [0.15, 0.2) is 0 Å². The maximum atomic E-state index is 12.4. The third-order valence-electron chi connectivity index (χ3n) is 3.68. The fraction of sp³-hybridized carbons (Fsp3) is 0.222. The van der Waals surface area contributed by atoms with Crippen molar-refractivity contribution in [3.63, 3.8) is 0 Å². The Morgan fingerprint density at radius 1 is 1.09 bits per heavy atom. The number of amides is 2.